The van der Waals surface area contributed by atoms with Gasteiger partial charge in [0.25, 0.3) is 0 Å². The lowest BCUT2D eigenvalue weighted by atomic mass is 10.1. The van der Waals surface area contributed by atoms with E-state index in [-0.39, 0.29) is 11.5 Å². The molecule has 1 aromatic rings. The van der Waals surface area contributed by atoms with Crippen LogP contribution in [-0.2, 0) is 0 Å². The highest BCUT2D eigenvalue weighted by Crippen LogP contribution is 2.17. The summed E-state index contributed by atoms with van der Waals surface area (Å²) in [6.07, 6.45) is 8.35. The number of carbonyl (C=O) groups is 1. The van der Waals surface area contributed by atoms with E-state index >= 15 is 0 Å². The van der Waals surface area contributed by atoms with Gasteiger partial charge in [0, 0.05) is 25.4 Å². The standard InChI is InChI=1S/C15H19NO2/c17-14-8-4-3-7-13(14)15(18)9-12-16-10-5-1-2-6-11-16/h3-4,7-9,12,17H,1-2,5-6,10-11H2/b12-9+. The van der Waals surface area contributed by atoms with Gasteiger partial charge in [0.1, 0.15) is 5.75 Å². The summed E-state index contributed by atoms with van der Waals surface area (Å²) >= 11 is 0. The van der Waals surface area contributed by atoms with Crippen molar-refractivity contribution in [1.29, 1.82) is 0 Å². The lowest BCUT2D eigenvalue weighted by molar-refractivity contribution is 0.104. The van der Waals surface area contributed by atoms with Crippen molar-refractivity contribution in [3.63, 3.8) is 0 Å². The summed E-state index contributed by atoms with van der Waals surface area (Å²) in [5, 5.41) is 9.59. The molecule has 0 unspecified atom stereocenters. The van der Waals surface area contributed by atoms with Crippen molar-refractivity contribution in [2.45, 2.75) is 25.7 Å². The molecule has 3 heteroatoms. The number of phenolic OH excluding ortho intramolecular Hbond substituents is 1. The third-order valence-corrected chi connectivity index (χ3v) is 3.25. The zero-order chi connectivity index (χ0) is 12.8. The zero-order valence-corrected chi connectivity index (χ0v) is 10.5. The highest BCUT2D eigenvalue weighted by Gasteiger charge is 2.08. The lowest BCUT2D eigenvalue weighted by Crippen LogP contribution is -2.18. The molecule has 0 radical (unpaired) electrons. The van der Waals surface area contributed by atoms with Crippen molar-refractivity contribution in [3.8, 4) is 5.75 Å². The van der Waals surface area contributed by atoms with E-state index < -0.39 is 0 Å². The molecular formula is C15H19NO2. The van der Waals surface area contributed by atoms with Crippen LogP contribution in [0.5, 0.6) is 5.75 Å². The summed E-state index contributed by atoms with van der Waals surface area (Å²) in [7, 11) is 0. The van der Waals surface area contributed by atoms with Crippen LogP contribution in [0, 0.1) is 0 Å². The molecule has 18 heavy (non-hydrogen) atoms. The molecule has 2 rings (SSSR count). The van der Waals surface area contributed by atoms with Crippen LogP contribution in [0.4, 0.5) is 0 Å². The van der Waals surface area contributed by atoms with Gasteiger partial charge in [-0.15, -0.1) is 0 Å². The second kappa shape index (κ2) is 6.24. The number of allylic oxidation sites excluding steroid dienone is 1. The van der Waals surface area contributed by atoms with Crippen LogP contribution in [-0.4, -0.2) is 28.9 Å². The molecule has 0 aromatic heterocycles. The molecule has 0 bridgehead atoms. The first kappa shape index (κ1) is 12.7. The molecule has 1 aliphatic rings. The van der Waals surface area contributed by atoms with Crippen molar-refractivity contribution in [2.24, 2.45) is 0 Å². The number of likely N-dealkylation sites (tertiary alicyclic amines) is 1. The van der Waals surface area contributed by atoms with Crippen LogP contribution in [0.1, 0.15) is 36.0 Å². The van der Waals surface area contributed by atoms with E-state index in [1.807, 2.05) is 6.20 Å². The average Bonchev–Trinajstić information content (AvgIpc) is 2.65. The molecule has 0 atom stereocenters. The summed E-state index contributed by atoms with van der Waals surface area (Å²) in [4.78, 5) is 14.1. The normalized spacial score (nSPS) is 16.8. The van der Waals surface area contributed by atoms with Gasteiger partial charge in [-0.05, 0) is 25.0 Å². The fraction of sp³-hybridized carbons (Fsp3) is 0.400. The SMILES string of the molecule is O=C(/C=C/N1CCCCCC1)c1ccccc1O. The Hall–Kier alpha value is -1.77. The predicted octanol–water partition coefficient (Wildman–Crippen LogP) is 2.96. The monoisotopic (exact) mass is 245 g/mol. The number of nitrogens with zero attached hydrogens (tertiary/aromatic N) is 1. The van der Waals surface area contributed by atoms with Gasteiger partial charge in [-0.2, -0.15) is 0 Å². The van der Waals surface area contributed by atoms with Gasteiger partial charge in [0.15, 0.2) is 5.78 Å². The van der Waals surface area contributed by atoms with Crippen molar-refractivity contribution in [3.05, 3.63) is 42.1 Å². The third-order valence-electron chi connectivity index (χ3n) is 3.25. The molecular weight excluding hydrogens is 226 g/mol. The lowest BCUT2D eigenvalue weighted by Gasteiger charge is -2.16. The van der Waals surface area contributed by atoms with Gasteiger partial charge < -0.3 is 10.0 Å². The molecule has 1 N–H and O–H groups in total. The number of carbonyl (C=O) groups excluding carboxylic acids is 1. The highest BCUT2D eigenvalue weighted by atomic mass is 16.3. The molecule has 1 aliphatic heterocycles. The summed E-state index contributed by atoms with van der Waals surface area (Å²) < 4.78 is 0. The van der Waals surface area contributed by atoms with Crippen molar-refractivity contribution in [2.75, 3.05) is 13.1 Å². The first-order chi connectivity index (χ1) is 8.77. The van der Waals surface area contributed by atoms with Crippen molar-refractivity contribution < 1.29 is 9.90 Å². The zero-order valence-electron chi connectivity index (χ0n) is 10.5. The van der Waals surface area contributed by atoms with E-state index in [0.717, 1.165) is 13.1 Å². The van der Waals surface area contributed by atoms with Gasteiger partial charge in [0.05, 0.1) is 5.56 Å². The molecule has 1 heterocycles. The van der Waals surface area contributed by atoms with E-state index in [1.54, 1.807) is 24.3 Å². The van der Waals surface area contributed by atoms with Gasteiger partial charge >= 0.3 is 0 Å². The van der Waals surface area contributed by atoms with E-state index in [0.29, 0.717) is 5.56 Å². The smallest absolute Gasteiger partial charge is 0.190 e. The first-order valence-corrected chi connectivity index (χ1v) is 6.52. The number of phenols is 1. The Balaban J connectivity index is 2.00. The van der Waals surface area contributed by atoms with E-state index in [1.165, 1.54) is 31.7 Å². The van der Waals surface area contributed by atoms with Gasteiger partial charge in [-0.1, -0.05) is 25.0 Å². The minimum atomic E-state index is -0.141. The van der Waals surface area contributed by atoms with Crippen LogP contribution >= 0.6 is 0 Å². The minimum Gasteiger partial charge on any atom is -0.507 e. The van der Waals surface area contributed by atoms with Crippen molar-refractivity contribution in [1.82, 2.24) is 4.90 Å². The van der Waals surface area contributed by atoms with E-state index in [9.17, 15) is 9.90 Å². The van der Waals surface area contributed by atoms with Crippen LogP contribution in [0.2, 0.25) is 0 Å². The summed E-state index contributed by atoms with van der Waals surface area (Å²) in [6.45, 7) is 2.04. The van der Waals surface area contributed by atoms with Crippen LogP contribution in [0.15, 0.2) is 36.5 Å². The van der Waals surface area contributed by atoms with Crippen LogP contribution in [0.3, 0.4) is 0 Å². The molecule has 0 saturated carbocycles. The number of hydrogen-bond donors (Lipinski definition) is 1. The topological polar surface area (TPSA) is 40.5 Å². The Labute approximate surface area is 108 Å². The Morgan fingerprint density at radius 3 is 2.44 bits per heavy atom. The largest absolute Gasteiger partial charge is 0.507 e. The molecule has 3 nitrogen and oxygen atoms in total. The Kier molecular flexibility index (Phi) is 4.40. The van der Waals surface area contributed by atoms with Gasteiger partial charge in [0.2, 0.25) is 0 Å². The van der Waals surface area contributed by atoms with Gasteiger partial charge in [-0.3, -0.25) is 4.79 Å². The minimum absolute atomic E-state index is 0.0445. The maximum absolute atomic E-state index is 11.9. The quantitative estimate of drug-likeness (QED) is 0.657. The number of ketones is 1. The number of para-hydroxylation sites is 1. The fourth-order valence-corrected chi connectivity index (χ4v) is 2.19. The fourth-order valence-electron chi connectivity index (χ4n) is 2.19. The van der Waals surface area contributed by atoms with Crippen molar-refractivity contribution >= 4 is 5.78 Å². The van der Waals surface area contributed by atoms with Gasteiger partial charge in [-0.25, -0.2) is 0 Å². The third kappa shape index (κ3) is 3.36. The highest BCUT2D eigenvalue weighted by molar-refractivity contribution is 6.06. The van der Waals surface area contributed by atoms with E-state index in [4.69, 9.17) is 0 Å². The summed E-state index contributed by atoms with van der Waals surface area (Å²) in [5.74, 6) is -0.0969. The Bertz CT molecular complexity index is 432. The summed E-state index contributed by atoms with van der Waals surface area (Å²) in [6, 6.07) is 6.65. The number of aromatic hydroxyl groups is 1. The second-order valence-electron chi connectivity index (χ2n) is 4.65. The number of rotatable bonds is 3. The summed E-state index contributed by atoms with van der Waals surface area (Å²) in [5.41, 5.74) is 0.364. The molecule has 96 valence electrons. The Morgan fingerprint density at radius 2 is 1.78 bits per heavy atom. The first-order valence-electron chi connectivity index (χ1n) is 6.52. The number of benzene rings is 1. The maximum atomic E-state index is 11.9. The second-order valence-corrected chi connectivity index (χ2v) is 4.65. The molecule has 1 fully saturated rings. The number of hydrogen-bond acceptors (Lipinski definition) is 3. The average molecular weight is 245 g/mol. The molecule has 0 amide bonds. The molecule has 1 saturated heterocycles. The molecule has 0 spiro atoms. The van der Waals surface area contributed by atoms with Crippen LogP contribution < -0.4 is 0 Å². The maximum Gasteiger partial charge on any atom is 0.190 e. The molecule has 0 aliphatic carbocycles. The Morgan fingerprint density at radius 1 is 1.11 bits per heavy atom. The van der Waals surface area contributed by atoms with E-state index in [2.05, 4.69) is 4.90 Å². The molecule has 1 aromatic carbocycles. The predicted molar refractivity (Wildman–Crippen MR) is 71.6 cm³/mol. The van der Waals surface area contributed by atoms with Crippen LogP contribution in [0.25, 0.3) is 0 Å².